The minimum atomic E-state index is 0.750. The molecular weight excluding hydrogens is 160 g/mol. The molecule has 2 heteroatoms. The zero-order valence-corrected chi connectivity index (χ0v) is 8.09. The molecule has 0 aromatic heterocycles. The molecule has 1 aromatic carbocycles. The van der Waals surface area contributed by atoms with Gasteiger partial charge in [0.1, 0.15) is 0 Å². The molecule has 0 fully saturated rings. The fraction of sp³-hybridized carbons (Fsp3) is 0.364. The Hall–Kier alpha value is -1.49. The number of hydrogen-bond acceptors (Lipinski definition) is 2. The minimum Gasteiger partial charge on any atom is -0.399 e. The smallest absolute Gasteiger partial charge is 0.0997 e. The number of anilines is 1. The molecule has 1 aromatic rings. The predicted octanol–water partition coefficient (Wildman–Crippen LogP) is 2.40. The van der Waals surface area contributed by atoms with E-state index in [-0.39, 0.29) is 0 Å². The highest BCUT2D eigenvalue weighted by atomic mass is 14.5. The Morgan fingerprint density at radius 3 is 2.69 bits per heavy atom. The highest BCUT2D eigenvalue weighted by Gasteiger charge is 2.05. The van der Waals surface area contributed by atoms with Gasteiger partial charge in [-0.25, -0.2) is 0 Å². The average Bonchev–Trinajstić information content (AvgIpc) is 2.04. The lowest BCUT2D eigenvalue weighted by molar-refractivity contribution is 0.917. The molecule has 0 amide bonds. The van der Waals surface area contributed by atoms with E-state index in [0.29, 0.717) is 0 Å². The second-order valence-corrected chi connectivity index (χ2v) is 3.23. The molecule has 0 atom stereocenters. The van der Waals surface area contributed by atoms with Crippen molar-refractivity contribution < 1.29 is 0 Å². The lowest BCUT2D eigenvalue weighted by atomic mass is 9.99. The van der Waals surface area contributed by atoms with Gasteiger partial charge >= 0.3 is 0 Å². The van der Waals surface area contributed by atoms with Crippen molar-refractivity contribution in [2.24, 2.45) is 0 Å². The maximum Gasteiger partial charge on any atom is 0.0997 e. The van der Waals surface area contributed by atoms with Gasteiger partial charge in [0.25, 0.3) is 0 Å². The molecule has 0 bridgehead atoms. The van der Waals surface area contributed by atoms with E-state index in [1.54, 1.807) is 0 Å². The standard InChI is InChI=1S/C11H14N2/c1-3-4-9-6-10(13)5-8(2)11(9)7-12/h5-6H,3-4,13H2,1-2H3. The summed E-state index contributed by atoms with van der Waals surface area (Å²) in [6.07, 6.45) is 1.96. The van der Waals surface area contributed by atoms with Crippen LogP contribution in [-0.2, 0) is 6.42 Å². The average molecular weight is 174 g/mol. The number of rotatable bonds is 2. The van der Waals surface area contributed by atoms with Crippen molar-refractivity contribution in [1.29, 1.82) is 5.26 Å². The molecule has 2 nitrogen and oxygen atoms in total. The van der Waals surface area contributed by atoms with E-state index in [1.807, 2.05) is 19.1 Å². The van der Waals surface area contributed by atoms with E-state index < -0.39 is 0 Å². The summed E-state index contributed by atoms with van der Waals surface area (Å²) in [5.74, 6) is 0. The van der Waals surface area contributed by atoms with Crippen molar-refractivity contribution in [3.8, 4) is 6.07 Å². The van der Waals surface area contributed by atoms with Gasteiger partial charge in [-0.1, -0.05) is 13.3 Å². The second-order valence-electron chi connectivity index (χ2n) is 3.23. The van der Waals surface area contributed by atoms with Gasteiger partial charge in [-0.2, -0.15) is 5.26 Å². The van der Waals surface area contributed by atoms with Crippen LogP contribution in [0.4, 0.5) is 5.69 Å². The van der Waals surface area contributed by atoms with Crippen LogP contribution in [-0.4, -0.2) is 0 Å². The summed E-state index contributed by atoms with van der Waals surface area (Å²) >= 11 is 0. The summed E-state index contributed by atoms with van der Waals surface area (Å²) in [7, 11) is 0. The van der Waals surface area contributed by atoms with Gasteiger partial charge in [0.15, 0.2) is 0 Å². The highest BCUT2D eigenvalue weighted by Crippen LogP contribution is 2.19. The first kappa shape index (κ1) is 9.60. The first-order valence-electron chi connectivity index (χ1n) is 4.48. The number of nitrogens with zero attached hydrogens (tertiary/aromatic N) is 1. The molecule has 0 aliphatic rings. The predicted molar refractivity (Wildman–Crippen MR) is 54.3 cm³/mol. The first-order chi connectivity index (χ1) is 6.19. The van der Waals surface area contributed by atoms with Crippen LogP contribution in [0, 0.1) is 18.3 Å². The number of nitrogens with two attached hydrogens (primary N) is 1. The number of nitriles is 1. The third-order valence-corrected chi connectivity index (χ3v) is 2.07. The molecule has 0 radical (unpaired) electrons. The number of benzene rings is 1. The van der Waals surface area contributed by atoms with Gasteiger partial charge in [0, 0.05) is 5.69 Å². The molecule has 2 N–H and O–H groups in total. The lowest BCUT2D eigenvalue weighted by Gasteiger charge is -2.06. The monoisotopic (exact) mass is 174 g/mol. The zero-order valence-electron chi connectivity index (χ0n) is 8.09. The molecule has 0 unspecified atom stereocenters. The van der Waals surface area contributed by atoms with Gasteiger partial charge in [-0.05, 0) is 36.6 Å². The lowest BCUT2D eigenvalue weighted by Crippen LogP contribution is -1.96. The highest BCUT2D eigenvalue weighted by molar-refractivity contribution is 5.53. The van der Waals surface area contributed by atoms with Crippen LogP contribution in [0.1, 0.15) is 30.0 Å². The van der Waals surface area contributed by atoms with Crippen LogP contribution in [0.15, 0.2) is 12.1 Å². The Balaban J connectivity index is 3.23. The van der Waals surface area contributed by atoms with Crippen LogP contribution in [0.3, 0.4) is 0 Å². The topological polar surface area (TPSA) is 49.8 Å². The molecule has 13 heavy (non-hydrogen) atoms. The van der Waals surface area contributed by atoms with Crippen molar-refractivity contribution in [1.82, 2.24) is 0 Å². The molecule has 1 rings (SSSR count). The fourth-order valence-electron chi connectivity index (χ4n) is 1.52. The summed E-state index contributed by atoms with van der Waals surface area (Å²) in [6, 6.07) is 5.96. The van der Waals surface area contributed by atoms with E-state index >= 15 is 0 Å². The van der Waals surface area contributed by atoms with Gasteiger partial charge in [0.2, 0.25) is 0 Å². The van der Waals surface area contributed by atoms with Crippen LogP contribution in [0.25, 0.3) is 0 Å². The van der Waals surface area contributed by atoms with Gasteiger partial charge in [0.05, 0.1) is 11.6 Å². The Morgan fingerprint density at radius 2 is 2.15 bits per heavy atom. The van der Waals surface area contributed by atoms with E-state index in [9.17, 15) is 0 Å². The Morgan fingerprint density at radius 1 is 1.46 bits per heavy atom. The summed E-state index contributed by atoms with van der Waals surface area (Å²) in [5, 5.41) is 8.93. The van der Waals surface area contributed by atoms with Gasteiger partial charge in [-0.15, -0.1) is 0 Å². The summed E-state index contributed by atoms with van der Waals surface area (Å²) in [5.41, 5.74) is 9.29. The van der Waals surface area contributed by atoms with E-state index in [1.165, 1.54) is 0 Å². The Kier molecular flexibility index (Phi) is 2.92. The van der Waals surface area contributed by atoms with Crippen molar-refractivity contribution in [3.63, 3.8) is 0 Å². The summed E-state index contributed by atoms with van der Waals surface area (Å²) < 4.78 is 0. The second kappa shape index (κ2) is 3.95. The first-order valence-corrected chi connectivity index (χ1v) is 4.48. The zero-order chi connectivity index (χ0) is 9.84. The summed E-state index contributed by atoms with van der Waals surface area (Å²) in [4.78, 5) is 0. The van der Waals surface area contributed by atoms with E-state index in [0.717, 1.165) is 35.2 Å². The quantitative estimate of drug-likeness (QED) is 0.700. The Labute approximate surface area is 79.0 Å². The van der Waals surface area contributed by atoms with E-state index in [4.69, 9.17) is 11.0 Å². The molecule has 0 aliphatic carbocycles. The van der Waals surface area contributed by atoms with Crippen LogP contribution in [0.5, 0.6) is 0 Å². The van der Waals surface area contributed by atoms with Crippen LogP contribution < -0.4 is 5.73 Å². The van der Waals surface area contributed by atoms with Gasteiger partial charge < -0.3 is 5.73 Å². The van der Waals surface area contributed by atoms with Crippen LogP contribution >= 0.6 is 0 Å². The SMILES string of the molecule is CCCc1cc(N)cc(C)c1C#N. The number of nitrogen functional groups attached to an aromatic ring is 1. The molecule has 0 aliphatic heterocycles. The molecular formula is C11H14N2. The Bertz CT molecular complexity index is 348. The van der Waals surface area contributed by atoms with Gasteiger partial charge in [-0.3, -0.25) is 0 Å². The molecule has 0 saturated heterocycles. The van der Waals surface area contributed by atoms with E-state index in [2.05, 4.69) is 13.0 Å². The largest absolute Gasteiger partial charge is 0.399 e. The number of aryl methyl sites for hydroxylation is 2. The van der Waals surface area contributed by atoms with Crippen molar-refractivity contribution in [2.45, 2.75) is 26.7 Å². The maximum atomic E-state index is 8.93. The normalized spacial score (nSPS) is 9.62. The molecule has 0 saturated carbocycles. The number of hydrogen-bond donors (Lipinski definition) is 1. The molecule has 0 spiro atoms. The van der Waals surface area contributed by atoms with Crippen molar-refractivity contribution >= 4 is 5.69 Å². The fourth-order valence-corrected chi connectivity index (χ4v) is 1.52. The van der Waals surface area contributed by atoms with Crippen LogP contribution in [0.2, 0.25) is 0 Å². The third kappa shape index (κ3) is 2.00. The third-order valence-electron chi connectivity index (χ3n) is 2.07. The maximum absolute atomic E-state index is 8.93. The minimum absolute atomic E-state index is 0.750. The molecule has 0 heterocycles. The van der Waals surface area contributed by atoms with Crippen molar-refractivity contribution in [3.05, 3.63) is 28.8 Å². The summed E-state index contributed by atoms with van der Waals surface area (Å²) in [6.45, 7) is 4.02. The van der Waals surface area contributed by atoms with Crippen molar-refractivity contribution in [2.75, 3.05) is 5.73 Å². The molecule has 68 valence electrons.